The van der Waals surface area contributed by atoms with Gasteiger partial charge in [-0.05, 0) is 77.7 Å². The van der Waals surface area contributed by atoms with E-state index in [1.807, 2.05) is 11.3 Å². The molecule has 12 rings (SSSR count). The number of hydrogen-bond donors (Lipinski definition) is 0. The van der Waals surface area contributed by atoms with Crippen LogP contribution in [-0.4, -0.2) is 4.57 Å². The van der Waals surface area contributed by atoms with Crippen LogP contribution >= 0.6 is 11.3 Å². The average Bonchev–Trinajstić information content (AvgIpc) is 3.95. The molecule has 262 valence electrons. The van der Waals surface area contributed by atoms with Gasteiger partial charge in [0.25, 0.3) is 0 Å². The topological polar surface area (TPSA) is 21.3 Å². The maximum atomic E-state index is 6.73. The maximum absolute atomic E-state index is 6.73. The summed E-state index contributed by atoms with van der Waals surface area (Å²) in [5, 5.41) is 9.54. The summed E-state index contributed by atoms with van der Waals surface area (Å²) in [5.41, 5.74) is 11.0. The number of para-hydroxylation sites is 3. The SMILES string of the molecule is c1ccc(-n2c3ccccc3c3ccccc32)c(-c2ccc(N(c3cccc4oc5c6ccccc6ccc5c34)c3cccc4sc5ccccc5c34)cc2)c1. The Balaban J connectivity index is 1.09. The highest BCUT2D eigenvalue weighted by atomic mass is 32.1. The van der Waals surface area contributed by atoms with E-state index in [1.54, 1.807) is 0 Å². The third kappa shape index (κ3) is 4.57. The van der Waals surface area contributed by atoms with Crippen LogP contribution in [0.4, 0.5) is 17.1 Å². The number of fused-ring (bicyclic) bond motifs is 11. The second-order valence-electron chi connectivity index (χ2n) is 14.4. The van der Waals surface area contributed by atoms with E-state index in [0.717, 1.165) is 55.6 Å². The first-order chi connectivity index (χ1) is 27.8. The standard InChI is InChI=1S/C52H32N2OS/c1-2-15-37-33(13-1)29-32-41-50-45(22-11-24-47(50)55-52(37)41)53(46-23-12-26-49-51(46)40-18-6-10-25-48(40)56-49)35-30-27-34(28-31-35)36-14-3-7-19-42(36)54-43-20-8-4-16-38(43)39-17-5-9-21-44(39)54/h1-32H. The summed E-state index contributed by atoms with van der Waals surface area (Å²) in [5.74, 6) is 0. The molecular formula is C52H32N2OS. The number of furan rings is 1. The van der Waals surface area contributed by atoms with Crippen LogP contribution in [0.15, 0.2) is 199 Å². The Morgan fingerprint density at radius 3 is 1.86 bits per heavy atom. The lowest BCUT2D eigenvalue weighted by atomic mass is 10.0. The van der Waals surface area contributed by atoms with Crippen molar-refractivity contribution in [3.05, 3.63) is 194 Å². The third-order valence-electron chi connectivity index (χ3n) is 11.4. The molecule has 9 aromatic carbocycles. The van der Waals surface area contributed by atoms with Gasteiger partial charge in [-0.1, -0.05) is 127 Å². The van der Waals surface area contributed by atoms with Gasteiger partial charge in [0.2, 0.25) is 0 Å². The van der Waals surface area contributed by atoms with Gasteiger partial charge in [-0.2, -0.15) is 0 Å². The quantitative estimate of drug-likeness (QED) is 0.176. The molecule has 0 spiro atoms. The van der Waals surface area contributed by atoms with Gasteiger partial charge >= 0.3 is 0 Å². The lowest BCUT2D eigenvalue weighted by molar-refractivity contribution is 0.672. The van der Waals surface area contributed by atoms with E-state index in [9.17, 15) is 0 Å². The minimum Gasteiger partial charge on any atom is -0.455 e. The lowest BCUT2D eigenvalue weighted by Gasteiger charge is -2.27. The molecule has 4 heteroatoms. The highest BCUT2D eigenvalue weighted by Gasteiger charge is 2.23. The molecule has 0 N–H and O–H groups in total. The van der Waals surface area contributed by atoms with E-state index in [4.69, 9.17) is 4.42 Å². The molecule has 3 nitrogen and oxygen atoms in total. The molecule has 3 aromatic heterocycles. The molecule has 0 bridgehead atoms. The average molecular weight is 733 g/mol. The molecule has 0 saturated carbocycles. The summed E-state index contributed by atoms with van der Waals surface area (Å²) in [6.45, 7) is 0. The molecule has 12 aromatic rings. The summed E-state index contributed by atoms with van der Waals surface area (Å²) in [6.07, 6.45) is 0. The first-order valence-electron chi connectivity index (χ1n) is 19.0. The fraction of sp³-hybridized carbons (Fsp3) is 0. The molecule has 0 aliphatic carbocycles. The Labute approximate surface area is 326 Å². The molecule has 0 amide bonds. The van der Waals surface area contributed by atoms with E-state index in [-0.39, 0.29) is 0 Å². The number of anilines is 3. The fourth-order valence-electron chi connectivity index (χ4n) is 8.96. The number of hydrogen-bond acceptors (Lipinski definition) is 3. The Kier molecular flexibility index (Phi) is 6.80. The van der Waals surface area contributed by atoms with Gasteiger partial charge < -0.3 is 13.9 Å². The summed E-state index contributed by atoms with van der Waals surface area (Å²) < 4.78 is 11.7. The van der Waals surface area contributed by atoms with Crippen LogP contribution in [0.25, 0.3) is 91.5 Å². The van der Waals surface area contributed by atoms with Crippen molar-refractivity contribution in [1.29, 1.82) is 0 Å². The van der Waals surface area contributed by atoms with Crippen LogP contribution in [0.5, 0.6) is 0 Å². The van der Waals surface area contributed by atoms with Crippen molar-refractivity contribution in [2.24, 2.45) is 0 Å². The number of rotatable bonds is 5. The van der Waals surface area contributed by atoms with Crippen molar-refractivity contribution in [3.8, 4) is 16.8 Å². The van der Waals surface area contributed by atoms with Crippen LogP contribution < -0.4 is 4.90 Å². The zero-order valence-electron chi connectivity index (χ0n) is 30.2. The second kappa shape index (κ2) is 12.2. The molecule has 0 unspecified atom stereocenters. The van der Waals surface area contributed by atoms with Gasteiger partial charge in [0.1, 0.15) is 11.2 Å². The van der Waals surface area contributed by atoms with Gasteiger partial charge in [-0.25, -0.2) is 0 Å². The molecule has 0 saturated heterocycles. The predicted octanol–water partition coefficient (Wildman–Crippen LogP) is 15.3. The molecular weight excluding hydrogens is 701 g/mol. The van der Waals surface area contributed by atoms with Crippen LogP contribution in [0.3, 0.4) is 0 Å². The molecule has 0 aliphatic rings. The normalized spacial score (nSPS) is 11.9. The molecule has 0 radical (unpaired) electrons. The molecule has 0 atom stereocenters. The third-order valence-corrected chi connectivity index (χ3v) is 12.5. The molecule has 0 aliphatic heterocycles. The largest absolute Gasteiger partial charge is 0.455 e. The van der Waals surface area contributed by atoms with Crippen LogP contribution in [0, 0.1) is 0 Å². The first-order valence-corrected chi connectivity index (χ1v) is 19.8. The van der Waals surface area contributed by atoms with Crippen molar-refractivity contribution in [1.82, 2.24) is 4.57 Å². The summed E-state index contributed by atoms with van der Waals surface area (Å²) in [7, 11) is 0. The van der Waals surface area contributed by atoms with Crippen molar-refractivity contribution in [2.75, 3.05) is 4.90 Å². The molecule has 0 fully saturated rings. The summed E-state index contributed by atoms with van der Waals surface area (Å²) >= 11 is 1.85. The zero-order valence-corrected chi connectivity index (χ0v) is 31.0. The molecule has 3 heterocycles. The van der Waals surface area contributed by atoms with E-state index in [0.29, 0.717) is 0 Å². The smallest absolute Gasteiger partial charge is 0.143 e. The second-order valence-corrected chi connectivity index (χ2v) is 15.5. The highest BCUT2D eigenvalue weighted by molar-refractivity contribution is 7.26. The van der Waals surface area contributed by atoms with Crippen molar-refractivity contribution in [3.63, 3.8) is 0 Å². The maximum Gasteiger partial charge on any atom is 0.143 e. The Morgan fingerprint density at radius 1 is 0.429 bits per heavy atom. The van der Waals surface area contributed by atoms with Crippen LogP contribution in [-0.2, 0) is 0 Å². The van der Waals surface area contributed by atoms with Gasteiger partial charge in [0.05, 0.1) is 33.5 Å². The van der Waals surface area contributed by atoms with Crippen molar-refractivity contribution < 1.29 is 4.42 Å². The number of thiophene rings is 1. The lowest BCUT2D eigenvalue weighted by Crippen LogP contribution is -2.10. The summed E-state index contributed by atoms with van der Waals surface area (Å²) in [6, 6.07) is 70.2. The van der Waals surface area contributed by atoms with E-state index < -0.39 is 0 Å². The minimum atomic E-state index is 0.873. The number of nitrogens with zero attached hydrogens (tertiary/aromatic N) is 2. The zero-order chi connectivity index (χ0) is 36.7. The Bertz CT molecular complexity index is 3440. The van der Waals surface area contributed by atoms with Crippen LogP contribution in [0.2, 0.25) is 0 Å². The van der Waals surface area contributed by atoms with Crippen LogP contribution in [0.1, 0.15) is 0 Å². The van der Waals surface area contributed by atoms with Crippen molar-refractivity contribution >= 4 is 103 Å². The van der Waals surface area contributed by atoms with Gasteiger partial charge in [0, 0.05) is 53.0 Å². The minimum absolute atomic E-state index is 0.873. The first kappa shape index (κ1) is 31.2. The van der Waals surface area contributed by atoms with E-state index in [1.165, 1.54) is 52.9 Å². The van der Waals surface area contributed by atoms with Gasteiger partial charge in [0.15, 0.2) is 0 Å². The fourth-order valence-corrected chi connectivity index (χ4v) is 10.1. The molecule has 56 heavy (non-hydrogen) atoms. The Hall–Kier alpha value is -7.14. The van der Waals surface area contributed by atoms with E-state index >= 15 is 0 Å². The predicted molar refractivity (Wildman–Crippen MR) is 239 cm³/mol. The Morgan fingerprint density at radius 2 is 1.05 bits per heavy atom. The van der Waals surface area contributed by atoms with Crippen molar-refractivity contribution in [2.45, 2.75) is 0 Å². The monoisotopic (exact) mass is 732 g/mol. The van der Waals surface area contributed by atoms with Gasteiger partial charge in [-0.3, -0.25) is 0 Å². The number of benzene rings is 9. The van der Waals surface area contributed by atoms with Gasteiger partial charge in [-0.15, -0.1) is 11.3 Å². The number of aromatic nitrogens is 1. The summed E-state index contributed by atoms with van der Waals surface area (Å²) in [4.78, 5) is 2.44. The highest BCUT2D eigenvalue weighted by Crippen LogP contribution is 2.49. The van der Waals surface area contributed by atoms with E-state index in [2.05, 4.69) is 204 Å².